The average molecular weight is 291 g/mol. The molecule has 0 bridgehead atoms. The summed E-state index contributed by atoms with van der Waals surface area (Å²) in [6.07, 6.45) is 4.13. The first-order chi connectivity index (χ1) is 10.2. The Morgan fingerprint density at radius 2 is 2.38 bits per heavy atom. The summed E-state index contributed by atoms with van der Waals surface area (Å²) < 4.78 is 12.3. The molecule has 1 aliphatic heterocycles. The molecule has 2 aromatic rings. The SMILES string of the molecule is CCn1ccnc1[C@H]1OCC[C@@H]1NC(=O)c1nonc1C. The Labute approximate surface area is 121 Å². The van der Waals surface area contributed by atoms with Crippen LogP contribution in [-0.4, -0.2) is 38.4 Å². The van der Waals surface area contributed by atoms with E-state index in [0.717, 1.165) is 18.8 Å². The lowest BCUT2D eigenvalue weighted by Crippen LogP contribution is -2.38. The number of amides is 1. The number of hydrogen-bond donors (Lipinski definition) is 1. The molecule has 21 heavy (non-hydrogen) atoms. The molecule has 2 aromatic heterocycles. The van der Waals surface area contributed by atoms with Crippen molar-refractivity contribution in [3.63, 3.8) is 0 Å². The lowest BCUT2D eigenvalue weighted by atomic mass is 10.1. The van der Waals surface area contributed by atoms with E-state index in [0.29, 0.717) is 12.3 Å². The largest absolute Gasteiger partial charge is 0.368 e. The molecule has 112 valence electrons. The van der Waals surface area contributed by atoms with Crippen LogP contribution < -0.4 is 5.32 Å². The fourth-order valence-corrected chi connectivity index (χ4v) is 2.51. The molecule has 0 saturated carbocycles. The summed E-state index contributed by atoms with van der Waals surface area (Å²) in [5.41, 5.74) is 0.678. The number of hydrogen-bond acceptors (Lipinski definition) is 6. The molecule has 1 fully saturated rings. The fourth-order valence-electron chi connectivity index (χ4n) is 2.51. The highest BCUT2D eigenvalue weighted by Crippen LogP contribution is 2.28. The zero-order valence-corrected chi connectivity index (χ0v) is 11.9. The molecule has 0 aliphatic carbocycles. The molecule has 3 rings (SSSR count). The van der Waals surface area contributed by atoms with Gasteiger partial charge < -0.3 is 14.6 Å². The van der Waals surface area contributed by atoms with Crippen LogP contribution in [-0.2, 0) is 11.3 Å². The summed E-state index contributed by atoms with van der Waals surface area (Å²) in [6.45, 7) is 5.11. The van der Waals surface area contributed by atoms with Gasteiger partial charge in [0.1, 0.15) is 17.6 Å². The zero-order chi connectivity index (χ0) is 14.8. The van der Waals surface area contributed by atoms with E-state index in [2.05, 4.69) is 25.2 Å². The van der Waals surface area contributed by atoms with Crippen LogP contribution in [0.2, 0.25) is 0 Å². The van der Waals surface area contributed by atoms with Crippen molar-refractivity contribution >= 4 is 5.91 Å². The van der Waals surface area contributed by atoms with Crippen molar-refractivity contribution in [2.24, 2.45) is 0 Å². The van der Waals surface area contributed by atoms with Gasteiger partial charge in [-0.25, -0.2) is 9.61 Å². The standard InChI is InChI=1S/C13H17N5O3/c1-3-18-6-5-14-12(18)11-9(4-7-20-11)15-13(19)10-8(2)16-21-17-10/h5-6,9,11H,3-4,7H2,1-2H3,(H,15,19)/t9-,11-/m0/s1. The lowest BCUT2D eigenvalue weighted by molar-refractivity contribution is 0.0770. The minimum absolute atomic E-state index is 0.138. The molecule has 0 radical (unpaired) electrons. The van der Waals surface area contributed by atoms with Crippen molar-refractivity contribution < 1.29 is 14.2 Å². The van der Waals surface area contributed by atoms with Crippen molar-refractivity contribution in [1.82, 2.24) is 25.2 Å². The smallest absolute Gasteiger partial charge is 0.275 e. The van der Waals surface area contributed by atoms with Gasteiger partial charge in [-0.2, -0.15) is 0 Å². The molecular weight excluding hydrogens is 274 g/mol. The Morgan fingerprint density at radius 1 is 1.52 bits per heavy atom. The quantitative estimate of drug-likeness (QED) is 0.897. The van der Waals surface area contributed by atoms with E-state index in [4.69, 9.17) is 4.74 Å². The highest BCUT2D eigenvalue weighted by Gasteiger charge is 2.34. The van der Waals surface area contributed by atoms with Crippen LogP contribution in [0.15, 0.2) is 17.0 Å². The second-order valence-corrected chi connectivity index (χ2v) is 4.93. The van der Waals surface area contributed by atoms with Crippen molar-refractivity contribution in [1.29, 1.82) is 0 Å². The number of imidazole rings is 1. The number of ether oxygens (including phenoxy) is 1. The maximum atomic E-state index is 12.2. The highest BCUT2D eigenvalue weighted by molar-refractivity contribution is 5.93. The van der Waals surface area contributed by atoms with Gasteiger partial charge in [0, 0.05) is 25.5 Å². The Bertz CT molecular complexity index is 635. The van der Waals surface area contributed by atoms with E-state index >= 15 is 0 Å². The maximum absolute atomic E-state index is 12.2. The van der Waals surface area contributed by atoms with Gasteiger partial charge in [-0.05, 0) is 25.4 Å². The predicted octanol–water partition coefficient (Wildman–Crippen LogP) is 0.854. The van der Waals surface area contributed by atoms with Crippen molar-refractivity contribution in [2.45, 2.75) is 39.0 Å². The first-order valence-corrected chi connectivity index (χ1v) is 6.93. The summed E-state index contributed by atoms with van der Waals surface area (Å²) in [4.78, 5) is 16.5. The van der Waals surface area contributed by atoms with Crippen LogP contribution in [0.3, 0.4) is 0 Å². The molecule has 1 saturated heterocycles. The van der Waals surface area contributed by atoms with Crippen LogP contribution in [0, 0.1) is 6.92 Å². The number of carbonyl (C=O) groups excluding carboxylic acids is 1. The molecule has 2 atom stereocenters. The zero-order valence-electron chi connectivity index (χ0n) is 11.9. The molecule has 0 spiro atoms. The van der Waals surface area contributed by atoms with Crippen LogP contribution in [0.1, 0.15) is 41.5 Å². The monoisotopic (exact) mass is 291 g/mol. The van der Waals surface area contributed by atoms with Gasteiger partial charge in [0.15, 0.2) is 5.69 Å². The third-order valence-corrected chi connectivity index (χ3v) is 3.62. The number of nitrogens with one attached hydrogen (secondary N) is 1. The third-order valence-electron chi connectivity index (χ3n) is 3.62. The Balaban J connectivity index is 1.76. The Morgan fingerprint density at radius 3 is 3.10 bits per heavy atom. The van der Waals surface area contributed by atoms with Gasteiger partial charge >= 0.3 is 0 Å². The predicted molar refractivity (Wildman–Crippen MR) is 71.5 cm³/mol. The van der Waals surface area contributed by atoms with Crippen LogP contribution in [0.5, 0.6) is 0 Å². The molecule has 8 nitrogen and oxygen atoms in total. The van der Waals surface area contributed by atoms with Gasteiger partial charge in [-0.3, -0.25) is 4.79 Å². The molecule has 0 unspecified atom stereocenters. The van der Waals surface area contributed by atoms with Crippen molar-refractivity contribution in [2.75, 3.05) is 6.61 Å². The van der Waals surface area contributed by atoms with Gasteiger partial charge in [0.2, 0.25) is 0 Å². The molecular formula is C13H17N5O3. The molecule has 1 aliphatic rings. The van der Waals surface area contributed by atoms with Gasteiger partial charge in [-0.15, -0.1) is 0 Å². The minimum atomic E-state index is -0.302. The Kier molecular flexibility index (Phi) is 3.70. The van der Waals surface area contributed by atoms with Crippen LogP contribution >= 0.6 is 0 Å². The van der Waals surface area contributed by atoms with E-state index < -0.39 is 0 Å². The van der Waals surface area contributed by atoms with Gasteiger partial charge in [-0.1, -0.05) is 5.16 Å². The van der Waals surface area contributed by atoms with Gasteiger partial charge in [0.05, 0.1) is 6.04 Å². The van der Waals surface area contributed by atoms with E-state index in [9.17, 15) is 4.79 Å². The second kappa shape index (κ2) is 5.65. The topological polar surface area (TPSA) is 95.1 Å². The number of nitrogens with zero attached hydrogens (tertiary/aromatic N) is 4. The molecule has 3 heterocycles. The summed E-state index contributed by atoms with van der Waals surface area (Å²) in [5, 5.41) is 10.2. The lowest BCUT2D eigenvalue weighted by Gasteiger charge is -2.19. The normalized spacial score (nSPS) is 21.6. The van der Waals surface area contributed by atoms with E-state index in [1.165, 1.54) is 0 Å². The number of carbonyl (C=O) groups is 1. The van der Waals surface area contributed by atoms with Crippen LogP contribution in [0.25, 0.3) is 0 Å². The van der Waals surface area contributed by atoms with E-state index in [1.54, 1.807) is 13.1 Å². The summed E-state index contributed by atoms with van der Waals surface area (Å²) in [6, 6.07) is -0.138. The number of rotatable bonds is 4. The highest BCUT2D eigenvalue weighted by atomic mass is 16.6. The molecule has 1 N–H and O–H groups in total. The van der Waals surface area contributed by atoms with E-state index in [1.807, 2.05) is 17.7 Å². The molecule has 0 aromatic carbocycles. The first kappa shape index (κ1) is 13.7. The van der Waals surface area contributed by atoms with Crippen LogP contribution in [0.4, 0.5) is 0 Å². The second-order valence-electron chi connectivity index (χ2n) is 4.93. The average Bonchev–Trinajstić information content (AvgIpc) is 3.17. The first-order valence-electron chi connectivity index (χ1n) is 6.93. The maximum Gasteiger partial charge on any atom is 0.275 e. The van der Waals surface area contributed by atoms with E-state index in [-0.39, 0.29) is 23.7 Å². The van der Waals surface area contributed by atoms with Crippen molar-refractivity contribution in [3.05, 3.63) is 29.6 Å². The molecule has 8 heteroatoms. The summed E-state index contributed by atoms with van der Waals surface area (Å²) >= 11 is 0. The number of aryl methyl sites for hydroxylation is 2. The van der Waals surface area contributed by atoms with Crippen molar-refractivity contribution in [3.8, 4) is 0 Å². The van der Waals surface area contributed by atoms with Gasteiger partial charge in [0.25, 0.3) is 5.91 Å². The summed E-state index contributed by atoms with van der Waals surface area (Å²) in [7, 11) is 0. The minimum Gasteiger partial charge on any atom is -0.368 e. The summed E-state index contributed by atoms with van der Waals surface area (Å²) in [5.74, 6) is 0.527. The number of aromatic nitrogens is 4. The fraction of sp³-hybridized carbons (Fsp3) is 0.538. The molecule has 1 amide bonds. The Hall–Kier alpha value is -2.22. The third kappa shape index (κ3) is 2.54.